The zero-order valence-electron chi connectivity index (χ0n) is 10.4. The standard InChI is InChI=1S/C12H14N4O2S/c1-8-6-14-16-11(8)15-10(17)2-4-13-12(18)9-3-5-19-7-9/h3,5-7H,2,4H2,1H3,(H,13,18)(H2,14,15,16,17). The Labute approximate surface area is 114 Å². The SMILES string of the molecule is Cc1cn[nH]c1NC(=O)CCNC(=O)c1ccsc1. The monoisotopic (exact) mass is 278 g/mol. The molecule has 6 nitrogen and oxygen atoms in total. The van der Waals surface area contributed by atoms with Gasteiger partial charge in [0.05, 0.1) is 6.20 Å². The maximum atomic E-state index is 11.6. The van der Waals surface area contributed by atoms with Gasteiger partial charge in [-0.3, -0.25) is 14.7 Å². The summed E-state index contributed by atoms with van der Waals surface area (Å²) in [5, 5.41) is 15.5. The van der Waals surface area contributed by atoms with Crippen LogP contribution < -0.4 is 10.6 Å². The van der Waals surface area contributed by atoms with Crippen LogP contribution in [0.3, 0.4) is 0 Å². The van der Waals surface area contributed by atoms with Crippen LogP contribution in [0.4, 0.5) is 5.82 Å². The molecule has 0 bridgehead atoms. The maximum absolute atomic E-state index is 11.6. The van der Waals surface area contributed by atoms with Crippen LogP contribution >= 0.6 is 11.3 Å². The molecule has 0 aliphatic carbocycles. The third-order valence-electron chi connectivity index (χ3n) is 2.51. The van der Waals surface area contributed by atoms with Gasteiger partial charge in [-0.1, -0.05) is 0 Å². The van der Waals surface area contributed by atoms with Crippen LogP contribution in [-0.2, 0) is 4.79 Å². The normalized spacial score (nSPS) is 10.2. The number of hydrogen-bond donors (Lipinski definition) is 3. The van der Waals surface area contributed by atoms with E-state index in [1.54, 1.807) is 17.6 Å². The van der Waals surface area contributed by atoms with E-state index in [2.05, 4.69) is 20.8 Å². The van der Waals surface area contributed by atoms with Crippen molar-refractivity contribution in [2.24, 2.45) is 0 Å². The van der Waals surface area contributed by atoms with Crippen molar-refractivity contribution in [2.75, 3.05) is 11.9 Å². The van der Waals surface area contributed by atoms with Gasteiger partial charge >= 0.3 is 0 Å². The zero-order valence-corrected chi connectivity index (χ0v) is 11.2. The number of nitrogens with one attached hydrogen (secondary N) is 3. The molecule has 3 N–H and O–H groups in total. The molecule has 0 aromatic carbocycles. The first-order chi connectivity index (χ1) is 9.16. The van der Waals surface area contributed by atoms with E-state index in [9.17, 15) is 9.59 Å². The Morgan fingerprint density at radius 3 is 2.95 bits per heavy atom. The van der Waals surface area contributed by atoms with Crippen molar-refractivity contribution in [3.63, 3.8) is 0 Å². The topological polar surface area (TPSA) is 86.9 Å². The predicted octanol–water partition coefficient (Wildman–Crippen LogP) is 1.54. The summed E-state index contributed by atoms with van der Waals surface area (Å²) in [4.78, 5) is 23.2. The lowest BCUT2D eigenvalue weighted by molar-refractivity contribution is -0.116. The molecule has 0 spiro atoms. The third-order valence-corrected chi connectivity index (χ3v) is 3.20. The number of nitrogens with zero attached hydrogens (tertiary/aromatic N) is 1. The maximum Gasteiger partial charge on any atom is 0.252 e. The van der Waals surface area contributed by atoms with E-state index in [4.69, 9.17) is 0 Å². The van der Waals surface area contributed by atoms with E-state index >= 15 is 0 Å². The Morgan fingerprint density at radius 1 is 1.47 bits per heavy atom. The summed E-state index contributed by atoms with van der Waals surface area (Å²) in [7, 11) is 0. The smallest absolute Gasteiger partial charge is 0.252 e. The number of rotatable bonds is 5. The summed E-state index contributed by atoms with van der Waals surface area (Å²) < 4.78 is 0. The number of hydrogen-bond acceptors (Lipinski definition) is 4. The Morgan fingerprint density at radius 2 is 2.32 bits per heavy atom. The first kappa shape index (κ1) is 13.3. The number of H-pyrrole nitrogens is 1. The van der Waals surface area contributed by atoms with Crippen molar-refractivity contribution in [1.29, 1.82) is 0 Å². The van der Waals surface area contributed by atoms with Crippen molar-refractivity contribution < 1.29 is 9.59 Å². The molecule has 100 valence electrons. The quantitative estimate of drug-likeness (QED) is 0.775. The highest BCUT2D eigenvalue weighted by Crippen LogP contribution is 2.08. The minimum atomic E-state index is -0.169. The summed E-state index contributed by atoms with van der Waals surface area (Å²) in [6.45, 7) is 2.14. The highest BCUT2D eigenvalue weighted by atomic mass is 32.1. The molecule has 0 aliphatic rings. The van der Waals surface area contributed by atoms with Crippen LogP contribution in [0.2, 0.25) is 0 Å². The number of amides is 2. The molecule has 0 saturated heterocycles. The van der Waals surface area contributed by atoms with E-state index in [0.29, 0.717) is 17.9 Å². The fourth-order valence-corrected chi connectivity index (χ4v) is 2.10. The third kappa shape index (κ3) is 3.65. The Balaban J connectivity index is 1.73. The lowest BCUT2D eigenvalue weighted by Crippen LogP contribution is -2.27. The van der Waals surface area contributed by atoms with Gasteiger partial charge < -0.3 is 10.6 Å². The minimum Gasteiger partial charge on any atom is -0.351 e. The Hall–Kier alpha value is -2.15. The van der Waals surface area contributed by atoms with E-state index in [1.165, 1.54) is 11.3 Å². The average Bonchev–Trinajstić information content (AvgIpc) is 3.02. The van der Waals surface area contributed by atoms with Gasteiger partial charge in [-0.05, 0) is 18.4 Å². The number of aryl methyl sites for hydroxylation is 1. The summed E-state index contributed by atoms with van der Waals surface area (Å²) in [6.07, 6.45) is 1.85. The first-order valence-electron chi connectivity index (χ1n) is 5.77. The number of aromatic nitrogens is 2. The van der Waals surface area contributed by atoms with Crippen molar-refractivity contribution in [1.82, 2.24) is 15.5 Å². The number of carbonyl (C=O) groups excluding carboxylic acids is 2. The van der Waals surface area contributed by atoms with Crippen molar-refractivity contribution in [3.05, 3.63) is 34.2 Å². The molecule has 2 aromatic heterocycles. The molecule has 0 aliphatic heterocycles. The summed E-state index contributed by atoms with van der Waals surface area (Å²) in [5.74, 6) is 0.263. The van der Waals surface area contributed by atoms with Crippen LogP contribution in [0.5, 0.6) is 0 Å². The molecule has 0 unspecified atom stereocenters. The molecular formula is C12H14N4O2S. The van der Waals surface area contributed by atoms with Crippen LogP contribution in [0.25, 0.3) is 0 Å². The molecule has 2 rings (SSSR count). The molecule has 0 radical (unpaired) electrons. The summed E-state index contributed by atoms with van der Waals surface area (Å²) in [5.41, 5.74) is 1.49. The second kappa shape index (κ2) is 6.14. The van der Waals surface area contributed by atoms with Gasteiger partial charge in [0.25, 0.3) is 5.91 Å². The second-order valence-electron chi connectivity index (χ2n) is 3.99. The molecule has 19 heavy (non-hydrogen) atoms. The van der Waals surface area contributed by atoms with Gasteiger partial charge in [0.1, 0.15) is 5.82 Å². The van der Waals surface area contributed by atoms with Crippen molar-refractivity contribution >= 4 is 29.0 Å². The van der Waals surface area contributed by atoms with Crippen LogP contribution in [0.15, 0.2) is 23.0 Å². The fraction of sp³-hybridized carbons (Fsp3) is 0.250. The molecule has 0 fully saturated rings. The number of carbonyl (C=O) groups is 2. The molecule has 7 heteroatoms. The highest BCUT2D eigenvalue weighted by molar-refractivity contribution is 7.08. The molecular weight excluding hydrogens is 264 g/mol. The van der Waals surface area contributed by atoms with Crippen LogP contribution in [0.1, 0.15) is 22.3 Å². The molecule has 2 heterocycles. The predicted molar refractivity (Wildman–Crippen MR) is 73.2 cm³/mol. The van der Waals surface area contributed by atoms with Crippen LogP contribution in [0, 0.1) is 6.92 Å². The molecule has 2 aromatic rings. The van der Waals surface area contributed by atoms with Gasteiger partial charge in [0, 0.05) is 29.5 Å². The van der Waals surface area contributed by atoms with Gasteiger partial charge in [-0.25, -0.2) is 0 Å². The molecule has 2 amide bonds. The number of anilines is 1. The Kier molecular flexibility index (Phi) is 4.30. The van der Waals surface area contributed by atoms with Gasteiger partial charge in [0.2, 0.25) is 5.91 Å². The number of aromatic amines is 1. The van der Waals surface area contributed by atoms with Crippen molar-refractivity contribution in [3.8, 4) is 0 Å². The highest BCUT2D eigenvalue weighted by Gasteiger charge is 2.08. The fourth-order valence-electron chi connectivity index (χ4n) is 1.46. The van der Waals surface area contributed by atoms with Gasteiger partial charge in [-0.2, -0.15) is 16.4 Å². The molecule has 0 saturated carbocycles. The molecule has 0 atom stereocenters. The first-order valence-corrected chi connectivity index (χ1v) is 6.71. The largest absolute Gasteiger partial charge is 0.351 e. The minimum absolute atomic E-state index is 0.160. The summed E-state index contributed by atoms with van der Waals surface area (Å²) >= 11 is 1.46. The van der Waals surface area contributed by atoms with E-state index in [0.717, 1.165) is 5.56 Å². The Bertz CT molecular complexity index is 562. The van der Waals surface area contributed by atoms with Crippen molar-refractivity contribution in [2.45, 2.75) is 13.3 Å². The van der Waals surface area contributed by atoms with E-state index < -0.39 is 0 Å². The summed E-state index contributed by atoms with van der Waals surface area (Å²) in [6, 6.07) is 1.74. The van der Waals surface area contributed by atoms with E-state index in [-0.39, 0.29) is 18.2 Å². The lowest BCUT2D eigenvalue weighted by Gasteiger charge is -2.05. The van der Waals surface area contributed by atoms with E-state index in [1.807, 2.05) is 12.3 Å². The number of thiophene rings is 1. The second-order valence-corrected chi connectivity index (χ2v) is 4.77. The average molecular weight is 278 g/mol. The van der Waals surface area contributed by atoms with Gasteiger partial charge in [-0.15, -0.1) is 0 Å². The van der Waals surface area contributed by atoms with Crippen LogP contribution in [-0.4, -0.2) is 28.6 Å². The zero-order chi connectivity index (χ0) is 13.7. The lowest BCUT2D eigenvalue weighted by atomic mass is 10.3. The van der Waals surface area contributed by atoms with Gasteiger partial charge in [0.15, 0.2) is 0 Å².